The summed E-state index contributed by atoms with van der Waals surface area (Å²) in [4.78, 5) is 29.0. The van der Waals surface area contributed by atoms with Crippen molar-refractivity contribution in [3.8, 4) is 0 Å². The molecule has 0 unspecified atom stereocenters. The Balaban J connectivity index is 0.00000289. The lowest BCUT2D eigenvalue weighted by Gasteiger charge is -2.46. The van der Waals surface area contributed by atoms with Gasteiger partial charge in [0.2, 0.25) is 5.91 Å². The largest absolute Gasteiger partial charge is 0.477 e. The first kappa shape index (κ1) is 24.9. The molecular formula is C22H37N5O4S. The molecule has 0 radical (unpaired) electrons. The van der Waals surface area contributed by atoms with E-state index in [-0.39, 0.29) is 37.0 Å². The van der Waals surface area contributed by atoms with Crippen LogP contribution >= 0.6 is 11.8 Å². The number of guanidine groups is 1. The van der Waals surface area contributed by atoms with E-state index in [9.17, 15) is 19.8 Å². The SMILES string of the molecule is C.C[C@@H](O)[C@H]1C(=O)N2C(C(=O)O)=C(SC3CN(CC4CCC(NC(=N)N)CC4)C3)[C@H](C)[C@H]12. The van der Waals surface area contributed by atoms with Gasteiger partial charge in [0.25, 0.3) is 0 Å². The van der Waals surface area contributed by atoms with Crippen LogP contribution in [0.5, 0.6) is 0 Å². The van der Waals surface area contributed by atoms with Crippen LogP contribution in [0, 0.1) is 23.2 Å². The second-order valence-electron chi connectivity index (χ2n) is 9.51. The molecule has 4 rings (SSSR count). The van der Waals surface area contributed by atoms with Gasteiger partial charge < -0.3 is 31.1 Å². The number of nitrogens with one attached hydrogen (secondary N) is 2. The number of aliphatic hydroxyl groups excluding tert-OH is 1. The lowest BCUT2D eigenvalue weighted by Crippen LogP contribution is -2.63. The van der Waals surface area contributed by atoms with Gasteiger partial charge in [-0.3, -0.25) is 10.2 Å². The summed E-state index contributed by atoms with van der Waals surface area (Å²) < 4.78 is 0. The van der Waals surface area contributed by atoms with Crippen molar-refractivity contribution >= 4 is 29.6 Å². The number of rotatable bonds is 7. The van der Waals surface area contributed by atoms with E-state index in [1.54, 1.807) is 18.7 Å². The number of likely N-dealkylation sites (tertiary alicyclic amines) is 1. The number of carboxylic acids is 1. The number of nitrogens with zero attached hydrogens (tertiary/aromatic N) is 2. The molecule has 1 aliphatic carbocycles. The molecule has 3 fully saturated rings. The van der Waals surface area contributed by atoms with Crippen molar-refractivity contribution < 1.29 is 19.8 Å². The molecule has 0 bridgehead atoms. The van der Waals surface area contributed by atoms with Gasteiger partial charge in [-0.05, 0) is 38.5 Å². The minimum atomic E-state index is -1.05. The fraction of sp³-hybridized carbons (Fsp3) is 0.773. The van der Waals surface area contributed by atoms with E-state index < -0.39 is 18.0 Å². The fourth-order valence-corrected chi connectivity index (χ4v) is 7.26. The predicted molar refractivity (Wildman–Crippen MR) is 125 cm³/mol. The van der Waals surface area contributed by atoms with Crippen molar-refractivity contribution in [3.05, 3.63) is 10.6 Å². The van der Waals surface area contributed by atoms with Gasteiger partial charge in [0, 0.05) is 41.7 Å². The van der Waals surface area contributed by atoms with Gasteiger partial charge >= 0.3 is 5.97 Å². The molecule has 0 spiro atoms. The van der Waals surface area contributed by atoms with E-state index in [1.165, 1.54) is 4.90 Å². The molecule has 0 aromatic carbocycles. The van der Waals surface area contributed by atoms with Crippen LogP contribution in [0.15, 0.2) is 10.6 Å². The summed E-state index contributed by atoms with van der Waals surface area (Å²) in [7, 11) is 0. The number of hydrogen-bond donors (Lipinski definition) is 5. The van der Waals surface area contributed by atoms with Crippen molar-refractivity contribution in [2.75, 3.05) is 19.6 Å². The Morgan fingerprint density at radius 2 is 1.94 bits per heavy atom. The summed E-state index contributed by atoms with van der Waals surface area (Å²) in [5, 5.41) is 30.4. The highest BCUT2D eigenvalue weighted by Gasteiger charge is 2.60. The Morgan fingerprint density at radius 3 is 2.47 bits per heavy atom. The van der Waals surface area contributed by atoms with E-state index in [0.29, 0.717) is 17.2 Å². The van der Waals surface area contributed by atoms with Crippen molar-refractivity contribution in [1.82, 2.24) is 15.1 Å². The van der Waals surface area contributed by atoms with Crippen molar-refractivity contribution in [1.29, 1.82) is 5.41 Å². The van der Waals surface area contributed by atoms with Crippen molar-refractivity contribution in [3.63, 3.8) is 0 Å². The number of β-lactam (4-membered cyclic amide) rings is 1. The monoisotopic (exact) mass is 467 g/mol. The molecule has 180 valence electrons. The zero-order chi connectivity index (χ0) is 22.4. The summed E-state index contributed by atoms with van der Waals surface area (Å²) in [6.07, 6.45) is 3.57. The van der Waals surface area contributed by atoms with E-state index in [4.69, 9.17) is 11.1 Å². The minimum absolute atomic E-state index is 0. The van der Waals surface area contributed by atoms with Crippen LogP contribution in [0.3, 0.4) is 0 Å². The molecule has 3 aliphatic heterocycles. The van der Waals surface area contributed by atoms with Crippen LogP contribution in [0.1, 0.15) is 47.0 Å². The van der Waals surface area contributed by atoms with Crippen molar-refractivity contribution in [2.24, 2.45) is 23.5 Å². The third kappa shape index (κ3) is 4.49. The van der Waals surface area contributed by atoms with Gasteiger partial charge in [0.1, 0.15) is 5.70 Å². The minimum Gasteiger partial charge on any atom is -0.477 e. The van der Waals surface area contributed by atoms with Gasteiger partial charge in [-0.2, -0.15) is 0 Å². The predicted octanol–water partition coefficient (Wildman–Crippen LogP) is 1.24. The summed E-state index contributed by atoms with van der Waals surface area (Å²) in [5.41, 5.74) is 5.55. The Bertz CT molecular complexity index is 789. The van der Waals surface area contributed by atoms with E-state index in [0.717, 1.165) is 50.2 Å². The van der Waals surface area contributed by atoms with Crippen LogP contribution in [0.4, 0.5) is 0 Å². The highest BCUT2D eigenvalue weighted by molar-refractivity contribution is 8.03. The second-order valence-corrected chi connectivity index (χ2v) is 10.8. The summed E-state index contributed by atoms with van der Waals surface area (Å²) in [5.74, 6) is -1.19. The summed E-state index contributed by atoms with van der Waals surface area (Å²) >= 11 is 1.61. The number of aliphatic hydroxyl groups is 1. The lowest BCUT2D eigenvalue weighted by molar-refractivity contribution is -0.163. The summed E-state index contributed by atoms with van der Waals surface area (Å²) in [6.45, 7) is 6.49. The molecule has 6 N–H and O–H groups in total. The van der Waals surface area contributed by atoms with Gasteiger partial charge in [0.15, 0.2) is 5.96 Å². The molecule has 3 heterocycles. The smallest absolute Gasteiger partial charge is 0.353 e. The maximum Gasteiger partial charge on any atom is 0.353 e. The molecule has 2 saturated heterocycles. The van der Waals surface area contributed by atoms with Crippen molar-refractivity contribution in [2.45, 2.75) is 70.4 Å². The number of carboxylic acid groups (broad SMARTS) is 1. The first-order valence-electron chi connectivity index (χ1n) is 11.2. The zero-order valence-corrected chi connectivity index (χ0v) is 18.9. The maximum absolute atomic E-state index is 12.4. The fourth-order valence-electron chi connectivity index (χ4n) is 5.68. The topological polar surface area (TPSA) is 143 Å². The molecule has 1 saturated carbocycles. The van der Waals surface area contributed by atoms with Gasteiger partial charge in [0.05, 0.1) is 18.1 Å². The molecule has 32 heavy (non-hydrogen) atoms. The first-order chi connectivity index (χ1) is 14.7. The molecular weight excluding hydrogens is 430 g/mol. The Labute approximate surface area is 194 Å². The number of fused-ring (bicyclic) bond motifs is 1. The molecule has 4 aliphatic rings. The van der Waals surface area contributed by atoms with Gasteiger partial charge in [-0.1, -0.05) is 14.4 Å². The maximum atomic E-state index is 12.4. The van der Waals surface area contributed by atoms with Crippen LogP contribution in [0.2, 0.25) is 0 Å². The Morgan fingerprint density at radius 1 is 1.31 bits per heavy atom. The van der Waals surface area contributed by atoms with Crippen LogP contribution in [0.25, 0.3) is 0 Å². The molecule has 0 aromatic rings. The number of amides is 1. The van der Waals surface area contributed by atoms with Gasteiger partial charge in [-0.15, -0.1) is 11.8 Å². The van der Waals surface area contributed by atoms with E-state index in [1.807, 2.05) is 6.92 Å². The average Bonchev–Trinajstić information content (AvgIpc) is 2.89. The molecule has 1 amide bonds. The number of carbonyl (C=O) groups is 2. The highest BCUT2D eigenvalue weighted by atomic mass is 32.2. The normalized spacial score (nSPS) is 33.7. The highest BCUT2D eigenvalue weighted by Crippen LogP contribution is 2.52. The number of thioether (sulfide) groups is 1. The van der Waals surface area contributed by atoms with Gasteiger partial charge in [-0.25, -0.2) is 4.79 Å². The third-order valence-electron chi connectivity index (χ3n) is 7.25. The van der Waals surface area contributed by atoms with E-state index >= 15 is 0 Å². The molecule has 4 atom stereocenters. The standard InChI is InChI=1S/C21H33N5O4S.CH4/c1-10-16-15(11(2)27)19(28)26(16)17(20(29)30)18(10)31-14-8-25(9-14)7-12-3-5-13(6-4-12)24-21(22)23;/h10-16,27H,3-9H2,1-2H3,(H,29,30)(H4,22,23,24);1H4/t10-,11-,12?,13?,15-,16-;/m1./s1. The van der Waals surface area contributed by atoms with E-state index in [2.05, 4.69) is 10.2 Å². The number of aliphatic carboxylic acids is 1. The lowest BCUT2D eigenvalue weighted by atomic mass is 9.79. The van der Waals surface area contributed by atoms with Crippen LogP contribution in [-0.4, -0.2) is 80.9 Å². The quantitative estimate of drug-likeness (QED) is 0.214. The zero-order valence-electron chi connectivity index (χ0n) is 18.1. The third-order valence-corrected chi connectivity index (χ3v) is 8.70. The number of carbonyl (C=O) groups excluding carboxylic acids is 1. The number of nitrogens with two attached hydrogens (primary N) is 1. The van der Waals surface area contributed by atoms with Crippen LogP contribution in [-0.2, 0) is 9.59 Å². The second kappa shape index (κ2) is 9.61. The number of hydrogen-bond acceptors (Lipinski definition) is 6. The Hall–Kier alpha value is -1.78. The average molecular weight is 468 g/mol. The summed E-state index contributed by atoms with van der Waals surface area (Å²) in [6, 6.07) is 0.0771. The molecule has 9 nitrogen and oxygen atoms in total. The Kier molecular flexibility index (Phi) is 7.46. The molecule has 10 heteroatoms. The first-order valence-corrected chi connectivity index (χ1v) is 12.0. The molecule has 0 aromatic heterocycles. The van der Waals surface area contributed by atoms with Crippen LogP contribution < -0.4 is 11.1 Å².